The summed E-state index contributed by atoms with van der Waals surface area (Å²) in [5.41, 5.74) is 0. The lowest BCUT2D eigenvalue weighted by Gasteiger charge is -2.24. The molecule has 0 spiro atoms. The highest BCUT2D eigenvalue weighted by molar-refractivity contribution is 5.82. The van der Waals surface area contributed by atoms with Crippen LogP contribution in [0.2, 0.25) is 0 Å². The largest absolute Gasteiger partial charge is 0.337 e. The summed E-state index contributed by atoms with van der Waals surface area (Å²) in [4.78, 5) is 18.5. The molecule has 1 aromatic heterocycles. The number of hydrogen-bond acceptors (Lipinski definition) is 5. The summed E-state index contributed by atoms with van der Waals surface area (Å²) in [6.07, 6.45) is 6.77. The van der Waals surface area contributed by atoms with Gasteiger partial charge in [0.05, 0.1) is 12.6 Å². The standard InChI is InChI=1S/C15H24N4O2/c1-3-13-17-14(21-18-13)9-19(2)15(20)12-8-10-6-4-5-7-11(10)16-12/h10-12,16H,3-9H2,1-2H3/t10-,11-,12-/m0/s1. The number of aryl methyl sites for hydroxylation is 1. The number of likely N-dealkylation sites (N-methyl/N-ethyl adjacent to an activating group) is 1. The van der Waals surface area contributed by atoms with Gasteiger partial charge in [0.25, 0.3) is 0 Å². The number of fused-ring (bicyclic) bond motifs is 1. The van der Waals surface area contributed by atoms with Gasteiger partial charge in [-0.3, -0.25) is 4.79 Å². The Bertz CT molecular complexity index is 488. The van der Waals surface area contributed by atoms with E-state index in [0.29, 0.717) is 30.2 Å². The van der Waals surface area contributed by atoms with Gasteiger partial charge < -0.3 is 14.7 Å². The monoisotopic (exact) mass is 292 g/mol. The molecule has 1 N–H and O–H groups in total. The van der Waals surface area contributed by atoms with Crippen molar-refractivity contribution in [2.45, 2.75) is 64.1 Å². The number of rotatable bonds is 4. The number of aromatic nitrogens is 2. The molecule has 2 fully saturated rings. The van der Waals surface area contributed by atoms with Crippen molar-refractivity contribution in [2.24, 2.45) is 5.92 Å². The SMILES string of the molecule is CCc1noc(CN(C)C(=O)[C@@H]2C[C@@H]3CCCC[C@@H]3N2)n1. The van der Waals surface area contributed by atoms with E-state index in [-0.39, 0.29) is 11.9 Å². The molecular formula is C15H24N4O2. The van der Waals surface area contributed by atoms with Gasteiger partial charge in [0.15, 0.2) is 5.82 Å². The second-order valence-corrected chi connectivity index (χ2v) is 6.26. The molecule has 1 amide bonds. The van der Waals surface area contributed by atoms with Crippen LogP contribution in [-0.2, 0) is 17.8 Å². The van der Waals surface area contributed by atoms with E-state index in [9.17, 15) is 4.79 Å². The van der Waals surface area contributed by atoms with E-state index >= 15 is 0 Å². The molecule has 3 atom stereocenters. The molecule has 6 heteroatoms. The highest BCUT2D eigenvalue weighted by Gasteiger charge is 2.39. The van der Waals surface area contributed by atoms with Gasteiger partial charge in [-0.25, -0.2) is 0 Å². The normalized spacial score (nSPS) is 28.4. The van der Waals surface area contributed by atoms with E-state index in [1.165, 1.54) is 25.7 Å². The first-order chi connectivity index (χ1) is 10.2. The summed E-state index contributed by atoms with van der Waals surface area (Å²) >= 11 is 0. The van der Waals surface area contributed by atoms with Gasteiger partial charge >= 0.3 is 0 Å². The van der Waals surface area contributed by atoms with E-state index in [1.807, 2.05) is 14.0 Å². The predicted octanol–water partition coefficient (Wildman–Crippen LogP) is 1.51. The van der Waals surface area contributed by atoms with Crippen molar-refractivity contribution in [1.82, 2.24) is 20.4 Å². The molecule has 1 aromatic rings. The molecule has 1 saturated carbocycles. The van der Waals surface area contributed by atoms with Crippen LogP contribution >= 0.6 is 0 Å². The predicted molar refractivity (Wildman–Crippen MR) is 77.4 cm³/mol. The van der Waals surface area contributed by atoms with Crippen molar-refractivity contribution < 1.29 is 9.32 Å². The number of carbonyl (C=O) groups excluding carboxylic acids is 1. The van der Waals surface area contributed by atoms with Crippen LogP contribution in [0, 0.1) is 5.92 Å². The molecule has 2 aliphatic rings. The maximum absolute atomic E-state index is 12.5. The average Bonchev–Trinajstić information content (AvgIpc) is 3.12. The highest BCUT2D eigenvalue weighted by atomic mass is 16.5. The van der Waals surface area contributed by atoms with Crippen molar-refractivity contribution >= 4 is 5.91 Å². The summed E-state index contributed by atoms with van der Waals surface area (Å²) < 4.78 is 5.16. The second kappa shape index (κ2) is 6.13. The summed E-state index contributed by atoms with van der Waals surface area (Å²) in [5, 5.41) is 7.38. The Hall–Kier alpha value is -1.43. The molecule has 0 unspecified atom stereocenters. The first-order valence-corrected chi connectivity index (χ1v) is 8.00. The third-order valence-electron chi connectivity index (χ3n) is 4.74. The topological polar surface area (TPSA) is 71.3 Å². The van der Waals surface area contributed by atoms with Crippen LogP contribution in [0.15, 0.2) is 4.52 Å². The van der Waals surface area contributed by atoms with E-state index in [0.717, 1.165) is 12.8 Å². The minimum Gasteiger partial charge on any atom is -0.337 e. The van der Waals surface area contributed by atoms with E-state index in [4.69, 9.17) is 4.52 Å². The van der Waals surface area contributed by atoms with E-state index < -0.39 is 0 Å². The number of amides is 1. The third kappa shape index (κ3) is 3.10. The molecule has 0 bridgehead atoms. The molecule has 2 heterocycles. The third-order valence-corrected chi connectivity index (χ3v) is 4.74. The maximum Gasteiger partial charge on any atom is 0.246 e. The zero-order valence-corrected chi connectivity index (χ0v) is 12.8. The number of nitrogens with zero attached hydrogens (tertiary/aromatic N) is 3. The lowest BCUT2D eigenvalue weighted by atomic mass is 9.85. The summed E-state index contributed by atoms with van der Waals surface area (Å²) in [7, 11) is 1.81. The van der Waals surface area contributed by atoms with Gasteiger partial charge in [-0.1, -0.05) is 24.9 Å². The van der Waals surface area contributed by atoms with Crippen LogP contribution in [0.1, 0.15) is 50.7 Å². The van der Waals surface area contributed by atoms with Crippen LogP contribution < -0.4 is 5.32 Å². The van der Waals surface area contributed by atoms with Gasteiger partial charge in [-0.2, -0.15) is 4.98 Å². The number of nitrogens with one attached hydrogen (secondary N) is 1. The summed E-state index contributed by atoms with van der Waals surface area (Å²) in [6, 6.07) is 0.493. The van der Waals surface area contributed by atoms with Crippen molar-refractivity contribution in [2.75, 3.05) is 7.05 Å². The fourth-order valence-electron chi connectivity index (χ4n) is 3.56. The van der Waals surface area contributed by atoms with Crippen molar-refractivity contribution in [3.8, 4) is 0 Å². The van der Waals surface area contributed by atoms with Crippen LogP contribution in [-0.4, -0.2) is 40.1 Å². The first kappa shape index (κ1) is 14.5. The lowest BCUT2D eigenvalue weighted by molar-refractivity contribution is -0.132. The van der Waals surface area contributed by atoms with Crippen LogP contribution in [0.3, 0.4) is 0 Å². The van der Waals surface area contributed by atoms with E-state index in [2.05, 4.69) is 15.5 Å². The van der Waals surface area contributed by atoms with Crippen molar-refractivity contribution in [3.63, 3.8) is 0 Å². The molecule has 21 heavy (non-hydrogen) atoms. The molecular weight excluding hydrogens is 268 g/mol. The summed E-state index contributed by atoms with van der Waals surface area (Å²) in [6.45, 7) is 2.37. The lowest BCUT2D eigenvalue weighted by Crippen LogP contribution is -2.43. The Labute approximate surface area is 125 Å². The molecule has 1 aliphatic carbocycles. The zero-order valence-electron chi connectivity index (χ0n) is 12.8. The zero-order chi connectivity index (χ0) is 14.8. The molecule has 1 aliphatic heterocycles. The van der Waals surface area contributed by atoms with Crippen LogP contribution in [0.5, 0.6) is 0 Å². The van der Waals surface area contributed by atoms with Crippen molar-refractivity contribution in [3.05, 3.63) is 11.7 Å². The fourth-order valence-corrected chi connectivity index (χ4v) is 3.56. The van der Waals surface area contributed by atoms with Gasteiger partial charge in [0.2, 0.25) is 11.8 Å². The Balaban J connectivity index is 1.57. The Morgan fingerprint density at radius 2 is 2.24 bits per heavy atom. The highest BCUT2D eigenvalue weighted by Crippen LogP contribution is 2.33. The van der Waals surface area contributed by atoms with Gasteiger partial charge in [-0.15, -0.1) is 0 Å². The second-order valence-electron chi connectivity index (χ2n) is 6.26. The van der Waals surface area contributed by atoms with Gasteiger partial charge in [0.1, 0.15) is 0 Å². The smallest absolute Gasteiger partial charge is 0.246 e. The van der Waals surface area contributed by atoms with Crippen LogP contribution in [0.4, 0.5) is 0 Å². The number of hydrogen-bond donors (Lipinski definition) is 1. The molecule has 0 aromatic carbocycles. The van der Waals surface area contributed by atoms with Crippen molar-refractivity contribution in [1.29, 1.82) is 0 Å². The first-order valence-electron chi connectivity index (χ1n) is 8.00. The van der Waals surface area contributed by atoms with E-state index in [1.54, 1.807) is 4.90 Å². The van der Waals surface area contributed by atoms with Gasteiger partial charge in [-0.05, 0) is 25.2 Å². The summed E-state index contributed by atoms with van der Waals surface area (Å²) in [5.74, 6) is 2.02. The molecule has 6 nitrogen and oxygen atoms in total. The Morgan fingerprint density at radius 1 is 1.43 bits per heavy atom. The maximum atomic E-state index is 12.5. The minimum atomic E-state index is -0.0448. The minimum absolute atomic E-state index is 0.0448. The Kier molecular flexibility index (Phi) is 4.24. The number of carbonyl (C=O) groups is 1. The Morgan fingerprint density at radius 3 is 2.95 bits per heavy atom. The molecule has 0 radical (unpaired) electrons. The average molecular weight is 292 g/mol. The van der Waals surface area contributed by atoms with Crippen LogP contribution in [0.25, 0.3) is 0 Å². The molecule has 1 saturated heterocycles. The molecule has 3 rings (SSSR count). The molecule has 116 valence electrons. The quantitative estimate of drug-likeness (QED) is 0.911. The fraction of sp³-hybridized carbons (Fsp3) is 0.800. The van der Waals surface area contributed by atoms with Gasteiger partial charge in [0, 0.05) is 19.5 Å².